The van der Waals surface area contributed by atoms with E-state index in [9.17, 15) is 43.2 Å². The van der Waals surface area contributed by atoms with E-state index >= 15 is 0 Å². The van der Waals surface area contributed by atoms with Crippen LogP contribution in [0.2, 0.25) is 0 Å². The lowest BCUT2D eigenvalue weighted by molar-refractivity contribution is -0.161. The number of aliphatic hydroxyl groups excluding tert-OH is 1. The Morgan fingerprint density at radius 3 is 0.788 bits per heavy atom. The molecule has 104 heavy (non-hydrogen) atoms. The maximum absolute atomic E-state index is 13.1. The van der Waals surface area contributed by atoms with E-state index in [1.54, 1.807) is 0 Å². The molecule has 0 bridgehead atoms. The summed E-state index contributed by atoms with van der Waals surface area (Å²) in [5.74, 6) is -2.20. The highest BCUT2D eigenvalue weighted by atomic mass is 31.2. The molecule has 0 saturated heterocycles. The third kappa shape index (κ3) is 76.4. The number of carbonyl (C=O) groups is 4. The highest BCUT2D eigenvalue weighted by molar-refractivity contribution is 7.47. The van der Waals surface area contributed by atoms with Crippen molar-refractivity contribution in [1.29, 1.82) is 0 Å². The summed E-state index contributed by atoms with van der Waals surface area (Å²) in [5.41, 5.74) is 0. The van der Waals surface area contributed by atoms with Crippen molar-refractivity contribution < 1.29 is 80.2 Å². The fraction of sp³-hybridized carbons (Fsp3) is 0.788. The smallest absolute Gasteiger partial charge is 0.462 e. The predicted octanol–water partition coefficient (Wildman–Crippen LogP) is 24.6. The molecule has 0 amide bonds. The Hall–Kier alpha value is -3.76. The minimum absolute atomic E-state index is 0.0788. The lowest BCUT2D eigenvalue weighted by atomic mass is 10.0. The lowest BCUT2D eigenvalue weighted by Gasteiger charge is -2.21. The molecule has 0 aliphatic rings. The molecule has 0 saturated carbocycles. The fourth-order valence-corrected chi connectivity index (χ4v) is 13.1. The van der Waals surface area contributed by atoms with Crippen molar-refractivity contribution in [3.8, 4) is 0 Å². The van der Waals surface area contributed by atoms with Gasteiger partial charge in [-0.15, -0.1) is 0 Å². The van der Waals surface area contributed by atoms with Crippen molar-refractivity contribution in [3.63, 3.8) is 0 Å². The summed E-state index contributed by atoms with van der Waals surface area (Å²) in [6.45, 7) is 4.77. The SMILES string of the molecule is CC/C=C\C/C=C\C/C=C\C/C=C\C/C=C\CCCCCC(=O)OC[C@H](COP(=O)(O)OC[C@@H](O)COP(=O)(O)OC[C@@H](COC(=O)CCCCCCCCCCCCCCCCC)OC(=O)CCCCCCC/C=C\CCCCCCCC)OC(=O)CCCCCCC/C=C\CCCCCCCC. The van der Waals surface area contributed by atoms with Gasteiger partial charge >= 0.3 is 39.5 Å². The van der Waals surface area contributed by atoms with E-state index in [1.807, 2.05) is 0 Å². The molecule has 0 heterocycles. The van der Waals surface area contributed by atoms with Gasteiger partial charge in [-0.2, -0.15) is 0 Å². The van der Waals surface area contributed by atoms with Crippen LogP contribution in [0.1, 0.15) is 374 Å². The number of carbonyl (C=O) groups excluding carboxylic acids is 4. The molecule has 0 aromatic heterocycles. The molecule has 0 aliphatic carbocycles. The molecule has 2 unspecified atom stereocenters. The van der Waals surface area contributed by atoms with Crippen molar-refractivity contribution in [2.24, 2.45) is 0 Å². The van der Waals surface area contributed by atoms with E-state index < -0.39 is 97.5 Å². The average Bonchev–Trinajstić information content (AvgIpc) is 0.918. The van der Waals surface area contributed by atoms with E-state index in [0.29, 0.717) is 25.7 Å². The van der Waals surface area contributed by atoms with Crippen LogP contribution in [0.15, 0.2) is 85.1 Å². The topological polar surface area (TPSA) is 237 Å². The van der Waals surface area contributed by atoms with Crippen LogP contribution in [0.3, 0.4) is 0 Å². The summed E-state index contributed by atoms with van der Waals surface area (Å²) in [4.78, 5) is 73.1. The number of hydrogen-bond acceptors (Lipinski definition) is 15. The van der Waals surface area contributed by atoms with E-state index in [1.165, 1.54) is 148 Å². The van der Waals surface area contributed by atoms with Gasteiger partial charge in [0.05, 0.1) is 26.4 Å². The zero-order valence-electron chi connectivity index (χ0n) is 66.2. The number of ether oxygens (including phenoxy) is 4. The average molecular weight is 1510 g/mol. The highest BCUT2D eigenvalue weighted by Crippen LogP contribution is 2.45. The number of phosphoric acid groups is 2. The molecule has 17 nitrogen and oxygen atoms in total. The third-order valence-electron chi connectivity index (χ3n) is 17.8. The van der Waals surface area contributed by atoms with Crippen LogP contribution in [-0.4, -0.2) is 96.7 Å². The third-order valence-corrected chi connectivity index (χ3v) is 19.7. The van der Waals surface area contributed by atoms with Crippen LogP contribution < -0.4 is 0 Å². The van der Waals surface area contributed by atoms with Crippen molar-refractivity contribution in [3.05, 3.63) is 85.1 Å². The van der Waals surface area contributed by atoms with Crippen LogP contribution >= 0.6 is 15.6 Å². The second-order valence-electron chi connectivity index (χ2n) is 28.0. The van der Waals surface area contributed by atoms with Gasteiger partial charge in [0, 0.05) is 25.7 Å². The molecule has 0 aromatic rings. The van der Waals surface area contributed by atoms with Gasteiger partial charge in [0.15, 0.2) is 12.2 Å². The Morgan fingerprint density at radius 1 is 0.279 bits per heavy atom. The van der Waals surface area contributed by atoms with Crippen LogP contribution in [-0.2, 0) is 65.4 Å². The maximum atomic E-state index is 13.1. The Labute approximate surface area is 634 Å². The number of unbranched alkanes of at least 4 members (excludes halogenated alkanes) is 39. The monoisotopic (exact) mass is 1510 g/mol. The summed E-state index contributed by atoms with van der Waals surface area (Å²) in [5, 5.41) is 10.7. The van der Waals surface area contributed by atoms with Crippen LogP contribution in [0.25, 0.3) is 0 Å². The molecule has 0 radical (unpaired) electrons. The Morgan fingerprint density at radius 2 is 0.500 bits per heavy atom. The van der Waals surface area contributed by atoms with Crippen molar-refractivity contribution in [2.75, 3.05) is 39.6 Å². The van der Waals surface area contributed by atoms with Crippen LogP contribution in [0.4, 0.5) is 0 Å². The second kappa shape index (κ2) is 77.4. The molecule has 0 rings (SSSR count). The Bertz CT molecular complexity index is 2300. The summed E-state index contributed by atoms with van der Waals surface area (Å²) >= 11 is 0. The molecule has 3 N–H and O–H groups in total. The highest BCUT2D eigenvalue weighted by Gasteiger charge is 2.30. The van der Waals surface area contributed by atoms with Gasteiger partial charge in [-0.25, -0.2) is 9.13 Å². The van der Waals surface area contributed by atoms with Crippen LogP contribution in [0.5, 0.6) is 0 Å². The number of esters is 4. The lowest BCUT2D eigenvalue weighted by Crippen LogP contribution is -2.30. The zero-order chi connectivity index (χ0) is 76.0. The van der Waals surface area contributed by atoms with Crippen molar-refractivity contribution >= 4 is 39.5 Å². The van der Waals surface area contributed by atoms with E-state index in [-0.39, 0.29) is 25.7 Å². The quantitative estimate of drug-likeness (QED) is 0.0169. The molecule has 0 fully saturated rings. The van der Waals surface area contributed by atoms with Gasteiger partial charge in [0.1, 0.15) is 19.3 Å². The van der Waals surface area contributed by atoms with E-state index in [0.717, 1.165) is 148 Å². The van der Waals surface area contributed by atoms with Crippen molar-refractivity contribution in [2.45, 2.75) is 393 Å². The zero-order valence-corrected chi connectivity index (χ0v) is 68.0. The number of rotatable bonds is 79. The number of allylic oxidation sites excluding steroid dienone is 14. The second-order valence-corrected chi connectivity index (χ2v) is 30.9. The summed E-state index contributed by atoms with van der Waals surface area (Å²) in [6, 6.07) is 0. The number of hydrogen-bond donors (Lipinski definition) is 3. The van der Waals surface area contributed by atoms with Crippen LogP contribution in [0, 0.1) is 0 Å². The van der Waals surface area contributed by atoms with Crippen molar-refractivity contribution in [1.82, 2.24) is 0 Å². The molecule has 5 atom stereocenters. The largest absolute Gasteiger partial charge is 0.472 e. The predicted molar refractivity (Wildman–Crippen MR) is 427 cm³/mol. The number of aliphatic hydroxyl groups is 1. The summed E-state index contributed by atoms with van der Waals surface area (Å²) in [7, 11) is -9.96. The molecule has 0 aromatic carbocycles. The van der Waals surface area contributed by atoms with E-state index in [4.69, 9.17) is 37.0 Å². The maximum Gasteiger partial charge on any atom is 0.472 e. The first-order valence-electron chi connectivity index (χ1n) is 41.8. The minimum Gasteiger partial charge on any atom is -0.462 e. The van der Waals surface area contributed by atoms with Gasteiger partial charge in [0.25, 0.3) is 0 Å². The standard InChI is InChI=1S/C85H152O17P2/c1-5-9-13-17-21-25-29-33-37-38-39-40-44-46-50-54-58-62-66-70-83(88)96-76-81(102-85(90)72-68-64-60-56-52-48-43-36-32-28-24-20-16-12-8-4)78-100-104(93,94)98-74-79(86)73-97-103(91,92)99-77-80(101-84(89)71-67-63-59-55-51-47-42-35-31-27-23-19-15-11-7-3)75-95-82(87)69-65-61-57-53-49-45-41-34-30-26-22-18-14-10-6-2/h9,13,21,25,33,35-37,39-40,42-43,46,50,79-81,86H,5-8,10-12,14-20,22-24,26-32,34,38,41,44-45,47-49,51-78H2,1-4H3,(H,91,92)(H,93,94)/b13-9-,25-21-,37-33-,40-39-,42-35-,43-36-,50-46-/t79-,80+,81+/m0/s1. The van der Waals surface area contributed by atoms with Gasteiger partial charge in [0.2, 0.25) is 0 Å². The summed E-state index contributed by atoms with van der Waals surface area (Å²) in [6.07, 6.45) is 81.2. The molecule has 19 heteroatoms. The first-order chi connectivity index (χ1) is 50.7. The molecule has 0 aliphatic heterocycles. The molecular formula is C85H152O17P2. The van der Waals surface area contributed by atoms with E-state index in [2.05, 4.69) is 113 Å². The first-order valence-corrected chi connectivity index (χ1v) is 44.8. The normalized spacial score (nSPS) is 14.3. The Kier molecular flexibility index (Phi) is 74.6. The molecule has 0 spiro atoms. The first kappa shape index (κ1) is 100. The summed E-state index contributed by atoms with van der Waals surface area (Å²) < 4.78 is 68.7. The number of phosphoric ester groups is 2. The van der Waals surface area contributed by atoms with Gasteiger partial charge in [-0.1, -0.05) is 312 Å². The Balaban J connectivity index is 5.37. The minimum atomic E-state index is -4.99. The molecular weight excluding hydrogens is 1350 g/mol. The van der Waals surface area contributed by atoms with Gasteiger partial charge in [-0.05, 0) is 122 Å². The van der Waals surface area contributed by atoms with Gasteiger partial charge < -0.3 is 33.8 Å². The van der Waals surface area contributed by atoms with Gasteiger partial charge in [-0.3, -0.25) is 37.3 Å². The molecule has 604 valence electrons. The fourth-order valence-electron chi connectivity index (χ4n) is 11.5.